The number of carboxylic acid groups (broad SMARTS) is 1. The number of aryl methyl sites for hydroxylation is 1. The van der Waals surface area contributed by atoms with Gasteiger partial charge in [-0.15, -0.1) is 0 Å². The number of halogens is 1. The lowest BCUT2D eigenvalue weighted by atomic mass is 10.1. The minimum absolute atomic E-state index is 0.0561. The number of H-pyrrole nitrogens is 1. The summed E-state index contributed by atoms with van der Waals surface area (Å²) < 4.78 is 19.2. The van der Waals surface area contributed by atoms with E-state index in [0.717, 1.165) is 0 Å². The molecule has 2 N–H and O–H groups in total. The third-order valence-corrected chi connectivity index (χ3v) is 2.60. The molecular weight excluding hydrogens is 263 g/mol. The van der Waals surface area contributed by atoms with E-state index in [1.165, 1.54) is 12.1 Å². The number of ether oxygens (including phenoxy) is 1. The smallest absolute Gasteiger partial charge is 0.354 e. The largest absolute Gasteiger partial charge is 0.488 e. The van der Waals surface area contributed by atoms with Crippen molar-refractivity contribution in [2.45, 2.75) is 26.9 Å². The molecule has 6 heteroatoms. The predicted molar refractivity (Wildman–Crippen MR) is 71.4 cm³/mol. The van der Waals surface area contributed by atoms with Gasteiger partial charge >= 0.3 is 5.97 Å². The molecule has 0 saturated carbocycles. The van der Waals surface area contributed by atoms with Gasteiger partial charge in [0.15, 0.2) is 17.3 Å². The normalized spacial score (nSPS) is 10.8. The summed E-state index contributed by atoms with van der Waals surface area (Å²) in [5.41, 5.74) is 0.546. The number of imidazole rings is 1. The lowest BCUT2D eigenvalue weighted by Gasteiger charge is -2.11. The molecule has 1 aromatic carbocycles. The number of nitrogens with zero attached hydrogens (tertiary/aromatic N) is 1. The average molecular weight is 278 g/mol. The van der Waals surface area contributed by atoms with Gasteiger partial charge in [0.2, 0.25) is 0 Å². The van der Waals surface area contributed by atoms with Gasteiger partial charge in [-0.1, -0.05) is 0 Å². The van der Waals surface area contributed by atoms with Gasteiger partial charge < -0.3 is 14.8 Å². The van der Waals surface area contributed by atoms with Gasteiger partial charge in [-0.2, -0.15) is 0 Å². The van der Waals surface area contributed by atoms with Crippen LogP contribution in [0.1, 0.15) is 30.2 Å². The maximum atomic E-state index is 13.9. The van der Waals surface area contributed by atoms with Gasteiger partial charge in [-0.25, -0.2) is 14.2 Å². The van der Waals surface area contributed by atoms with Crippen LogP contribution in [0, 0.1) is 12.7 Å². The van der Waals surface area contributed by atoms with E-state index in [1.807, 2.05) is 0 Å². The van der Waals surface area contributed by atoms with E-state index in [2.05, 4.69) is 9.97 Å². The summed E-state index contributed by atoms with van der Waals surface area (Å²) in [6.45, 7) is 5.24. The van der Waals surface area contributed by atoms with Crippen molar-refractivity contribution >= 4 is 5.97 Å². The predicted octanol–water partition coefficient (Wildman–Crippen LogP) is 3.01. The number of rotatable bonds is 4. The Morgan fingerprint density at radius 2 is 2.15 bits per heavy atom. The van der Waals surface area contributed by atoms with Crippen molar-refractivity contribution in [3.8, 4) is 17.0 Å². The van der Waals surface area contributed by atoms with Gasteiger partial charge in [0.25, 0.3) is 0 Å². The molecule has 2 rings (SSSR count). The molecule has 0 saturated heterocycles. The average Bonchev–Trinajstić information content (AvgIpc) is 2.73. The first-order chi connectivity index (χ1) is 9.38. The second-order valence-electron chi connectivity index (χ2n) is 4.66. The van der Waals surface area contributed by atoms with Crippen molar-refractivity contribution in [3.05, 3.63) is 35.5 Å². The van der Waals surface area contributed by atoms with E-state index < -0.39 is 11.8 Å². The van der Waals surface area contributed by atoms with Gasteiger partial charge in [0.05, 0.1) is 6.10 Å². The number of carbonyl (C=O) groups is 1. The molecular formula is C14H15FN2O3. The van der Waals surface area contributed by atoms with E-state index in [9.17, 15) is 9.18 Å². The van der Waals surface area contributed by atoms with Crippen LogP contribution in [0.5, 0.6) is 5.75 Å². The molecule has 5 nitrogen and oxygen atoms in total. The van der Waals surface area contributed by atoms with Crippen LogP contribution in [-0.4, -0.2) is 27.1 Å². The van der Waals surface area contributed by atoms with Crippen LogP contribution in [0.4, 0.5) is 4.39 Å². The molecule has 0 aliphatic heterocycles. The monoisotopic (exact) mass is 278 g/mol. The molecule has 1 aromatic heterocycles. The first kappa shape index (κ1) is 14.0. The summed E-state index contributed by atoms with van der Waals surface area (Å²) in [5.74, 6) is -1.09. The number of aromatic nitrogens is 2. The third-order valence-electron chi connectivity index (χ3n) is 2.60. The van der Waals surface area contributed by atoms with Crippen LogP contribution in [0.25, 0.3) is 11.3 Å². The SMILES string of the molecule is Cc1nc(-c2ccc(OC(C)C)c(F)c2)c(C(=O)O)[nH]1. The Labute approximate surface area is 115 Å². The first-order valence-corrected chi connectivity index (χ1v) is 6.15. The lowest BCUT2D eigenvalue weighted by molar-refractivity contribution is 0.0692. The number of aromatic amines is 1. The standard InChI is InChI=1S/C14H15FN2O3/c1-7(2)20-11-5-4-9(6-10(11)15)12-13(14(18)19)17-8(3)16-12/h4-7H,1-3H3,(H,16,17)(H,18,19). The summed E-state index contributed by atoms with van der Waals surface area (Å²) in [6, 6.07) is 4.28. The molecule has 0 radical (unpaired) electrons. The molecule has 20 heavy (non-hydrogen) atoms. The Morgan fingerprint density at radius 3 is 2.70 bits per heavy atom. The van der Waals surface area contributed by atoms with E-state index in [1.54, 1.807) is 26.8 Å². The van der Waals surface area contributed by atoms with Crippen molar-refractivity contribution in [1.82, 2.24) is 9.97 Å². The molecule has 0 unspecified atom stereocenters. The van der Waals surface area contributed by atoms with E-state index >= 15 is 0 Å². The highest BCUT2D eigenvalue weighted by molar-refractivity contribution is 5.93. The van der Waals surface area contributed by atoms with Crippen molar-refractivity contribution in [2.75, 3.05) is 0 Å². The Balaban J connectivity index is 2.44. The highest BCUT2D eigenvalue weighted by Crippen LogP contribution is 2.27. The summed E-state index contributed by atoms with van der Waals surface area (Å²) in [7, 11) is 0. The molecule has 1 heterocycles. The number of aromatic carboxylic acids is 1. The second kappa shape index (κ2) is 5.32. The van der Waals surface area contributed by atoms with Crippen LogP contribution in [0.3, 0.4) is 0 Å². The third kappa shape index (κ3) is 2.79. The molecule has 0 atom stereocenters. The summed E-state index contributed by atoms with van der Waals surface area (Å²) in [5, 5.41) is 9.09. The lowest BCUT2D eigenvalue weighted by Crippen LogP contribution is -2.07. The Kier molecular flexibility index (Phi) is 3.74. The first-order valence-electron chi connectivity index (χ1n) is 6.15. The highest BCUT2D eigenvalue weighted by Gasteiger charge is 2.18. The minimum atomic E-state index is -1.14. The summed E-state index contributed by atoms with van der Waals surface area (Å²) in [6.07, 6.45) is -0.141. The highest BCUT2D eigenvalue weighted by atomic mass is 19.1. The number of nitrogens with one attached hydrogen (secondary N) is 1. The van der Waals surface area contributed by atoms with E-state index in [0.29, 0.717) is 11.4 Å². The Morgan fingerprint density at radius 1 is 1.45 bits per heavy atom. The van der Waals surface area contributed by atoms with Crippen LogP contribution >= 0.6 is 0 Å². The zero-order chi connectivity index (χ0) is 14.9. The van der Waals surface area contributed by atoms with Crippen LogP contribution in [0.2, 0.25) is 0 Å². The molecule has 106 valence electrons. The van der Waals surface area contributed by atoms with Crippen molar-refractivity contribution in [1.29, 1.82) is 0 Å². The fourth-order valence-electron chi connectivity index (χ4n) is 1.85. The van der Waals surface area contributed by atoms with E-state index in [-0.39, 0.29) is 23.2 Å². The molecule has 0 spiro atoms. The van der Waals surface area contributed by atoms with Crippen molar-refractivity contribution in [3.63, 3.8) is 0 Å². The molecule has 0 bridgehead atoms. The van der Waals surface area contributed by atoms with Crippen LogP contribution in [-0.2, 0) is 0 Å². The molecule has 0 amide bonds. The van der Waals surface area contributed by atoms with Gasteiger partial charge in [0.1, 0.15) is 11.5 Å². The fraction of sp³-hybridized carbons (Fsp3) is 0.286. The molecule has 2 aromatic rings. The number of benzene rings is 1. The maximum Gasteiger partial charge on any atom is 0.354 e. The molecule has 0 aliphatic rings. The second-order valence-corrected chi connectivity index (χ2v) is 4.66. The zero-order valence-corrected chi connectivity index (χ0v) is 11.4. The Bertz CT molecular complexity index is 650. The minimum Gasteiger partial charge on any atom is -0.488 e. The van der Waals surface area contributed by atoms with Gasteiger partial charge in [0, 0.05) is 5.56 Å². The van der Waals surface area contributed by atoms with Crippen LogP contribution < -0.4 is 4.74 Å². The van der Waals surface area contributed by atoms with Crippen molar-refractivity contribution in [2.24, 2.45) is 0 Å². The summed E-state index contributed by atoms with van der Waals surface area (Å²) in [4.78, 5) is 17.9. The Hall–Kier alpha value is -2.37. The topological polar surface area (TPSA) is 75.2 Å². The van der Waals surface area contributed by atoms with Gasteiger partial charge in [-0.05, 0) is 39.0 Å². The number of hydrogen-bond donors (Lipinski definition) is 2. The molecule has 0 fully saturated rings. The quantitative estimate of drug-likeness (QED) is 0.901. The number of carboxylic acids is 1. The van der Waals surface area contributed by atoms with Crippen LogP contribution in [0.15, 0.2) is 18.2 Å². The summed E-state index contributed by atoms with van der Waals surface area (Å²) >= 11 is 0. The van der Waals surface area contributed by atoms with Crippen molar-refractivity contribution < 1.29 is 19.0 Å². The fourth-order valence-corrected chi connectivity index (χ4v) is 1.85. The van der Waals surface area contributed by atoms with Gasteiger partial charge in [-0.3, -0.25) is 0 Å². The number of hydrogen-bond acceptors (Lipinski definition) is 3. The maximum absolute atomic E-state index is 13.9. The zero-order valence-electron chi connectivity index (χ0n) is 11.4. The van der Waals surface area contributed by atoms with E-state index in [4.69, 9.17) is 9.84 Å². The molecule has 0 aliphatic carbocycles.